The first-order chi connectivity index (χ1) is 19.6. The summed E-state index contributed by atoms with van der Waals surface area (Å²) in [6.07, 6.45) is 1.24. The molecule has 12 heteroatoms. The van der Waals surface area contributed by atoms with Crippen LogP contribution >= 0.6 is 0 Å². The van der Waals surface area contributed by atoms with Crippen LogP contribution in [0.2, 0.25) is 0 Å². The predicted molar refractivity (Wildman–Crippen MR) is 147 cm³/mol. The predicted octanol–water partition coefficient (Wildman–Crippen LogP) is 4.61. The van der Waals surface area contributed by atoms with E-state index in [0.717, 1.165) is 44.6 Å². The summed E-state index contributed by atoms with van der Waals surface area (Å²) in [5, 5.41) is 18.6. The van der Waals surface area contributed by atoms with E-state index in [1.165, 1.54) is 0 Å². The van der Waals surface area contributed by atoms with Gasteiger partial charge in [-0.2, -0.15) is 12.7 Å². The second-order valence-corrected chi connectivity index (χ2v) is 12.1. The number of carbonyl (C=O) groups is 1. The normalized spacial score (nSPS) is 20.1. The monoisotopic (exact) mass is 580 g/mol. The van der Waals surface area contributed by atoms with Crippen molar-refractivity contribution in [2.75, 3.05) is 6.61 Å². The van der Waals surface area contributed by atoms with Gasteiger partial charge in [-0.25, -0.2) is 9.07 Å². The number of hydrogen-bond acceptors (Lipinski definition) is 7. The number of fused-ring (bicyclic) bond motifs is 5. The third kappa shape index (κ3) is 5.13. The first-order valence-electron chi connectivity index (χ1n) is 13.4. The van der Waals surface area contributed by atoms with E-state index < -0.39 is 28.0 Å². The fraction of sp³-hybridized carbons (Fsp3) is 0.345. The van der Waals surface area contributed by atoms with Crippen LogP contribution in [-0.4, -0.2) is 45.4 Å². The smallest absolute Gasteiger partial charge is 0.385 e. The minimum absolute atomic E-state index is 0.0414. The molecule has 0 radical (unpaired) electrons. The first kappa shape index (κ1) is 27.2. The van der Waals surface area contributed by atoms with E-state index in [-0.39, 0.29) is 25.3 Å². The van der Waals surface area contributed by atoms with Crippen molar-refractivity contribution in [3.63, 3.8) is 0 Å². The van der Waals surface area contributed by atoms with Crippen molar-refractivity contribution in [2.45, 2.75) is 58.7 Å². The van der Waals surface area contributed by atoms with Crippen molar-refractivity contribution < 1.29 is 31.6 Å². The number of halogens is 1. The maximum Gasteiger partial charge on any atom is 0.385 e. The van der Waals surface area contributed by atoms with Crippen LogP contribution in [0.25, 0.3) is 11.0 Å². The summed E-state index contributed by atoms with van der Waals surface area (Å²) in [5.41, 5.74) is 5.82. The van der Waals surface area contributed by atoms with Crippen molar-refractivity contribution in [3.05, 3.63) is 81.7 Å². The Morgan fingerprint density at radius 3 is 2.71 bits per heavy atom. The lowest BCUT2D eigenvalue weighted by atomic mass is 9.84. The molecule has 2 unspecified atom stereocenters. The zero-order chi connectivity index (χ0) is 28.9. The van der Waals surface area contributed by atoms with E-state index in [1.54, 1.807) is 6.07 Å². The number of carboxylic acid groups (broad SMARTS) is 1. The molecule has 4 aromatic rings. The summed E-state index contributed by atoms with van der Waals surface area (Å²) >= 11 is 0. The number of ether oxygens (including phenoxy) is 1. The number of rotatable bonds is 2. The van der Waals surface area contributed by atoms with Gasteiger partial charge in [0.25, 0.3) is 0 Å². The molecule has 7 rings (SSSR count). The van der Waals surface area contributed by atoms with Gasteiger partial charge in [0.1, 0.15) is 11.3 Å². The number of aliphatic carboxylic acids is 1. The van der Waals surface area contributed by atoms with Crippen molar-refractivity contribution in [1.29, 1.82) is 0 Å². The van der Waals surface area contributed by atoms with E-state index in [1.807, 2.05) is 48.9 Å². The minimum atomic E-state index is -4.29. The SMILES string of the molecule is Cc1ccc2cc1CN1Cc3cc(cc(F)c3OS1(=O)=O)OCCCCn1nnc3c(C)c(ccc31)C2CC(=O)O. The quantitative estimate of drug-likeness (QED) is 0.365. The van der Waals surface area contributed by atoms with Crippen LogP contribution in [-0.2, 0) is 34.7 Å². The number of aryl methyl sites for hydroxylation is 3. The molecule has 0 saturated heterocycles. The average molecular weight is 581 g/mol. The number of nitrogens with zero attached hydrogens (tertiary/aromatic N) is 4. The number of aromatic nitrogens is 3. The largest absolute Gasteiger partial charge is 0.493 e. The lowest BCUT2D eigenvalue weighted by Crippen LogP contribution is -2.37. The molecule has 9 bridgehead atoms. The highest BCUT2D eigenvalue weighted by atomic mass is 32.2. The molecule has 1 N–H and O–H groups in total. The summed E-state index contributed by atoms with van der Waals surface area (Å²) in [6, 6.07) is 12.2. The number of hydrogen-bond donors (Lipinski definition) is 1. The molecule has 214 valence electrons. The molecule has 0 aliphatic carbocycles. The molecular formula is C29H29FN4O6S. The van der Waals surface area contributed by atoms with Gasteiger partial charge < -0.3 is 14.0 Å². The Hall–Kier alpha value is -4.03. The first-order valence-corrected chi connectivity index (χ1v) is 14.8. The van der Waals surface area contributed by atoms with Crippen LogP contribution < -0.4 is 8.92 Å². The molecule has 41 heavy (non-hydrogen) atoms. The van der Waals surface area contributed by atoms with Gasteiger partial charge in [0, 0.05) is 37.2 Å². The Labute approximate surface area is 236 Å². The maximum absolute atomic E-state index is 14.9. The molecule has 3 aliphatic heterocycles. The third-order valence-electron chi connectivity index (χ3n) is 7.84. The summed E-state index contributed by atoms with van der Waals surface area (Å²) in [4.78, 5) is 12.0. The molecule has 0 fully saturated rings. The molecule has 0 saturated carbocycles. The Morgan fingerprint density at radius 1 is 1.10 bits per heavy atom. The van der Waals surface area contributed by atoms with Crippen LogP contribution in [0.1, 0.15) is 58.6 Å². The topological polar surface area (TPSA) is 124 Å². The standard InChI is InChI=1S/C29H29FN4O6S/c1-17-5-6-19-11-20(17)15-33-16-21-12-22(13-25(30)29(21)40-41(33,37)38)39-10-4-3-9-34-26-8-7-23(24(19)14-27(35)36)18(2)28(26)31-32-34/h5-8,11-13,24H,3-4,9-10,14-16H2,1-2H3,(H,35,36). The van der Waals surface area contributed by atoms with Gasteiger partial charge in [0.2, 0.25) is 0 Å². The van der Waals surface area contributed by atoms with Gasteiger partial charge in [-0.05, 0) is 66.6 Å². The van der Waals surface area contributed by atoms with E-state index in [9.17, 15) is 22.7 Å². The second kappa shape index (κ2) is 10.4. The van der Waals surface area contributed by atoms with Gasteiger partial charge in [0.15, 0.2) is 11.6 Å². The Kier molecular flexibility index (Phi) is 6.90. The van der Waals surface area contributed by atoms with E-state index >= 15 is 0 Å². The summed E-state index contributed by atoms with van der Waals surface area (Å²) in [6.45, 7) is 4.56. The number of carboxylic acids is 1. The molecule has 3 aromatic carbocycles. The fourth-order valence-electron chi connectivity index (χ4n) is 5.61. The molecule has 3 aliphatic rings. The van der Waals surface area contributed by atoms with Crippen LogP contribution in [0.5, 0.6) is 11.5 Å². The lowest BCUT2D eigenvalue weighted by molar-refractivity contribution is -0.137. The molecule has 2 atom stereocenters. The van der Waals surface area contributed by atoms with Gasteiger partial charge in [0.05, 0.1) is 18.5 Å². The molecule has 0 amide bonds. The number of benzene rings is 3. The maximum atomic E-state index is 14.9. The Balaban J connectivity index is 1.48. The van der Waals surface area contributed by atoms with Crippen molar-refractivity contribution in [3.8, 4) is 11.5 Å². The molecular weight excluding hydrogens is 551 g/mol. The Morgan fingerprint density at radius 2 is 1.90 bits per heavy atom. The average Bonchev–Trinajstić information content (AvgIpc) is 3.33. The highest BCUT2D eigenvalue weighted by Gasteiger charge is 2.34. The summed E-state index contributed by atoms with van der Waals surface area (Å²) < 4.78 is 55.0. The van der Waals surface area contributed by atoms with Crippen molar-refractivity contribution >= 4 is 27.3 Å². The second-order valence-electron chi connectivity index (χ2n) is 10.6. The molecule has 10 nitrogen and oxygen atoms in total. The van der Waals surface area contributed by atoms with Crippen molar-refractivity contribution in [1.82, 2.24) is 19.3 Å². The van der Waals surface area contributed by atoms with Crippen LogP contribution in [0.3, 0.4) is 0 Å². The lowest BCUT2D eigenvalue weighted by Gasteiger charge is -2.29. The third-order valence-corrected chi connectivity index (χ3v) is 9.11. The van der Waals surface area contributed by atoms with Gasteiger partial charge in [-0.3, -0.25) is 4.79 Å². The highest BCUT2D eigenvalue weighted by molar-refractivity contribution is 7.84. The zero-order valence-electron chi connectivity index (χ0n) is 22.6. The molecule has 1 aromatic heterocycles. The zero-order valence-corrected chi connectivity index (χ0v) is 23.4. The summed E-state index contributed by atoms with van der Waals surface area (Å²) in [7, 11) is -4.29. The van der Waals surface area contributed by atoms with Crippen molar-refractivity contribution in [2.24, 2.45) is 0 Å². The fourth-order valence-corrected chi connectivity index (χ4v) is 6.71. The van der Waals surface area contributed by atoms with Crippen LogP contribution in [0, 0.1) is 19.7 Å². The Bertz CT molecular complexity index is 1790. The van der Waals surface area contributed by atoms with E-state index in [2.05, 4.69) is 10.3 Å². The van der Waals surface area contributed by atoms with Crippen LogP contribution in [0.4, 0.5) is 4.39 Å². The van der Waals surface area contributed by atoms with Gasteiger partial charge in [-0.15, -0.1) is 5.10 Å². The van der Waals surface area contributed by atoms with Gasteiger partial charge in [-0.1, -0.05) is 29.5 Å². The molecule has 0 spiro atoms. The minimum Gasteiger partial charge on any atom is -0.493 e. The van der Waals surface area contributed by atoms with Gasteiger partial charge >= 0.3 is 16.3 Å². The van der Waals surface area contributed by atoms with E-state index in [4.69, 9.17) is 8.92 Å². The van der Waals surface area contributed by atoms with E-state index in [0.29, 0.717) is 42.0 Å². The van der Waals surface area contributed by atoms with Crippen LogP contribution in [0.15, 0.2) is 42.5 Å². The summed E-state index contributed by atoms with van der Waals surface area (Å²) in [5.74, 6) is -2.30. The highest BCUT2D eigenvalue weighted by Crippen LogP contribution is 2.38. The molecule has 4 heterocycles.